The van der Waals surface area contributed by atoms with Crippen LogP contribution in [0, 0.1) is 0 Å². The number of rotatable bonds is 8. The topological polar surface area (TPSA) is 40.6 Å². The first-order valence-electron chi connectivity index (χ1n) is 25.4. The van der Waals surface area contributed by atoms with E-state index in [0.29, 0.717) is 45.1 Å². The van der Waals surface area contributed by atoms with Gasteiger partial charge in [-0.25, -0.2) is 9.97 Å². The van der Waals surface area contributed by atoms with E-state index >= 15 is 26.3 Å². The van der Waals surface area contributed by atoms with E-state index in [2.05, 4.69) is 69.8 Å². The van der Waals surface area contributed by atoms with Gasteiger partial charge in [0.1, 0.15) is 0 Å². The monoisotopic (exact) mass is 1030 g/mol. The van der Waals surface area contributed by atoms with Gasteiger partial charge in [-0.15, -0.1) is 0 Å². The molecule has 0 fully saturated rings. The van der Waals surface area contributed by atoms with Gasteiger partial charge in [0.25, 0.3) is 0 Å². The van der Waals surface area contributed by atoms with Gasteiger partial charge >= 0.3 is 12.4 Å². The second kappa shape index (κ2) is 17.7. The Labute approximate surface area is 442 Å². The van der Waals surface area contributed by atoms with Crippen molar-refractivity contribution in [3.05, 3.63) is 260 Å². The minimum atomic E-state index is -5.82. The molecule has 0 spiro atoms. The summed E-state index contributed by atoms with van der Waals surface area (Å²) < 4.78 is 102. The molecule has 4 heterocycles. The molecule has 11 heteroatoms. The minimum Gasteiger partial charge on any atom is -0.309 e. The molecule has 0 aliphatic rings. The van der Waals surface area contributed by atoms with Crippen LogP contribution in [0.25, 0.3) is 116 Å². The fourth-order valence-electron chi connectivity index (χ4n) is 11.8. The molecule has 0 radical (unpaired) electrons. The second-order valence-corrected chi connectivity index (χ2v) is 19.5. The summed E-state index contributed by atoms with van der Waals surface area (Å²) in [6.45, 7) is 0. The van der Waals surface area contributed by atoms with Crippen molar-refractivity contribution in [1.29, 1.82) is 0 Å². The number of aromatic nitrogens is 5. The molecule has 0 amide bonds. The lowest BCUT2D eigenvalue weighted by molar-refractivity contribution is -0.288. The summed E-state index contributed by atoms with van der Waals surface area (Å²) in [7, 11) is 0. The van der Waals surface area contributed by atoms with Crippen LogP contribution in [0.3, 0.4) is 0 Å². The Morgan fingerprint density at radius 1 is 0.269 bits per heavy atom. The van der Waals surface area contributed by atoms with E-state index in [9.17, 15) is 0 Å². The quantitative estimate of drug-likeness (QED) is 0.142. The van der Waals surface area contributed by atoms with Gasteiger partial charge in [0.15, 0.2) is 5.82 Å². The number of alkyl halides is 6. The molecule has 78 heavy (non-hydrogen) atoms. The molecule has 376 valence electrons. The van der Waals surface area contributed by atoms with E-state index in [-0.39, 0.29) is 0 Å². The van der Waals surface area contributed by atoms with Crippen LogP contribution < -0.4 is 0 Å². The average molecular weight is 1030 g/mol. The summed E-state index contributed by atoms with van der Waals surface area (Å²) in [5, 5.41) is 6.05. The van der Waals surface area contributed by atoms with Gasteiger partial charge in [-0.3, -0.25) is 0 Å². The Bertz CT molecular complexity index is 4280. The molecule has 0 saturated heterocycles. The molecule has 14 aromatic rings. The Balaban J connectivity index is 0.927. The fourth-order valence-corrected chi connectivity index (χ4v) is 11.8. The van der Waals surface area contributed by atoms with E-state index in [0.717, 1.165) is 95.6 Å². The summed E-state index contributed by atoms with van der Waals surface area (Å²) in [6, 6.07) is 74.2. The van der Waals surface area contributed by atoms with Crippen molar-refractivity contribution in [3.8, 4) is 51.0 Å². The maximum absolute atomic E-state index is 15.9. The number of nitrogens with zero attached hydrogens (tertiary/aromatic N) is 5. The summed E-state index contributed by atoms with van der Waals surface area (Å²) >= 11 is 0. The predicted octanol–water partition coefficient (Wildman–Crippen LogP) is 18.2. The molecule has 5 nitrogen and oxygen atoms in total. The lowest BCUT2D eigenvalue weighted by atomic mass is 9.72. The van der Waals surface area contributed by atoms with Crippen molar-refractivity contribution in [2.24, 2.45) is 0 Å². The van der Waals surface area contributed by atoms with Gasteiger partial charge in [0.2, 0.25) is 5.41 Å². The number of fused-ring (bicyclic) bond motifs is 9. The third kappa shape index (κ3) is 7.18. The summed E-state index contributed by atoms with van der Waals surface area (Å²) in [5.41, 5.74) is 3.93. The van der Waals surface area contributed by atoms with Crippen LogP contribution in [-0.2, 0) is 5.41 Å². The molecular formula is C67H41F6N5. The number of para-hydroxylation sites is 4. The zero-order chi connectivity index (χ0) is 52.9. The van der Waals surface area contributed by atoms with Crippen LogP contribution in [0.15, 0.2) is 249 Å². The van der Waals surface area contributed by atoms with E-state index in [4.69, 9.17) is 9.97 Å². The van der Waals surface area contributed by atoms with E-state index in [1.807, 2.05) is 138 Å². The molecule has 0 saturated carbocycles. The van der Waals surface area contributed by atoms with Crippen LogP contribution in [0.2, 0.25) is 0 Å². The van der Waals surface area contributed by atoms with Gasteiger partial charge in [-0.05, 0) is 90.0 Å². The predicted molar refractivity (Wildman–Crippen MR) is 301 cm³/mol. The Morgan fingerprint density at radius 2 is 0.590 bits per heavy atom. The van der Waals surface area contributed by atoms with E-state index in [1.54, 1.807) is 6.07 Å². The molecule has 0 atom stereocenters. The number of halogens is 6. The lowest BCUT2D eigenvalue weighted by Gasteiger charge is -2.38. The number of hydrogen-bond donors (Lipinski definition) is 0. The second-order valence-electron chi connectivity index (χ2n) is 19.5. The summed E-state index contributed by atoms with van der Waals surface area (Å²) in [6.07, 6.45) is -11.6. The van der Waals surface area contributed by atoms with Gasteiger partial charge in [-0.1, -0.05) is 170 Å². The van der Waals surface area contributed by atoms with Crippen LogP contribution >= 0.6 is 0 Å². The molecule has 4 aromatic heterocycles. The van der Waals surface area contributed by atoms with Crippen LogP contribution in [-0.4, -0.2) is 36.0 Å². The van der Waals surface area contributed by atoms with Gasteiger partial charge < -0.3 is 13.7 Å². The highest BCUT2D eigenvalue weighted by Crippen LogP contribution is 2.56. The van der Waals surface area contributed by atoms with E-state index in [1.165, 1.54) is 24.3 Å². The van der Waals surface area contributed by atoms with E-state index < -0.39 is 28.9 Å². The average Bonchev–Trinajstić information content (AvgIpc) is 4.26. The Morgan fingerprint density at radius 3 is 1.00 bits per heavy atom. The highest BCUT2D eigenvalue weighted by atomic mass is 19.4. The van der Waals surface area contributed by atoms with Crippen molar-refractivity contribution >= 4 is 65.4 Å². The number of benzene rings is 10. The molecular weight excluding hydrogens is 989 g/mol. The van der Waals surface area contributed by atoms with Crippen molar-refractivity contribution < 1.29 is 26.3 Å². The van der Waals surface area contributed by atoms with Gasteiger partial charge in [0, 0.05) is 66.1 Å². The third-order valence-electron chi connectivity index (χ3n) is 15.3. The molecule has 14 rings (SSSR count). The van der Waals surface area contributed by atoms with Crippen molar-refractivity contribution in [2.45, 2.75) is 17.8 Å². The molecule has 0 aliphatic heterocycles. The third-order valence-corrected chi connectivity index (χ3v) is 15.3. The minimum absolute atomic E-state index is 0.318. The Hall–Kier alpha value is -9.74. The first-order chi connectivity index (χ1) is 38.0. The first kappa shape index (κ1) is 46.8. The molecule has 0 bridgehead atoms. The molecule has 10 aromatic carbocycles. The zero-order valence-corrected chi connectivity index (χ0v) is 41.2. The maximum atomic E-state index is 15.9. The molecule has 0 aliphatic carbocycles. The van der Waals surface area contributed by atoms with Crippen LogP contribution in [0.4, 0.5) is 26.3 Å². The highest BCUT2D eigenvalue weighted by Gasteiger charge is 2.72. The smallest absolute Gasteiger partial charge is 0.309 e. The maximum Gasteiger partial charge on any atom is 0.411 e. The van der Waals surface area contributed by atoms with Gasteiger partial charge in [0.05, 0.1) is 44.5 Å². The normalized spacial score (nSPS) is 12.5. The zero-order valence-electron chi connectivity index (χ0n) is 41.2. The van der Waals surface area contributed by atoms with Gasteiger partial charge in [-0.2, -0.15) is 26.3 Å². The van der Waals surface area contributed by atoms with Crippen LogP contribution in [0.1, 0.15) is 11.1 Å². The fraction of sp³-hybridized carbons (Fsp3) is 0.0448. The summed E-state index contributed by atoms with van der Waals surface area (Å²) in [4.78, 5) is 9.52. The largest absolute Gasteiger partial charge is 0.411 e. The van der Waals surface area contributed by atoms with Crippen molar-refractivity contribution in [2.75, 3.05) is 0 Å². The SMILES string of the molecule is FC(F)(F)C(c1ccc(-c2cc(-c3ccccc3)nc(-c3ccccc3)n2)cc1)(c1ccc(-n2c3ccc(-n4c5ccccc5c5ccccc54)cc3c3cc(-n4c5ccccc5c5ccccc54)ccc32)cc1)C(F)(F)F. The van der Waals surface area contributed by atoms with Crippen molar-refractivity contribution in [3.63, 3.8) is 0 Å². The Kier molecular flexibility index (Phi) is 10.6. The first-order valence-corrected chi connectivity index (χ1v) is 25.4. The number of hydrogen-bond acceptors (Lipinski definition) is 2. The highest BCUT2D eigenvalue weighted by molar-refractivity contribution is 6.14. The van der Waals surface area contributed by atoms with Crippen LogP contribution in [0.5, 0.6) is 0 Å². The molecule has 0 N–H and O–H groups in total. The molecule has 0 unspecified atom stereocenters. The lowest BCUT2D eigenvalue weighted by Crippen LogP contribution is -2.54. The van der Waals surface area contributed by atoms with Crippen molar-refractivity contribution in [1.82, 2.24) is 23.7 Å². The standard InChI is InChI=1S/C67H41F6N5/c68-66(69,70)65(67(71,72)73,45-29-27-43(28-30-45)57-41-56(42-15-3-1-4-16-42)74-64(75-57)44-17-5-2-6-18-44)46-31-33-47(34-32-46)76-62-37-35-48(77-58-23-11-7-19-50(58)51-20-8-12-24-59(51)77)39-54(62)55-40-49(36-38-63(55)76)78-60-25-13-9-21-52(60)53-22-10-14-26-61(53)78/h1-41H. The summed E-state index contributed by atoms with van der Waals surface area (Å²) in [5.74, 6) is 0.353.